The van der Waals surface area contributed by atoms with Crippen LogP contribution in [0.1, 0.15) is 32.0 Å². The van der Waals surface area contributed by atoms with Gasteiger partial charge in [0.2, 0.25) is 5.91 Å². The van der Waals surface area contributed by atoms with E-state index in [1.165, 1.54) is 0 Å². The smallest absolute Gasteiger partial charge is 0.224 e. The molecule has 1 aromatic rings. The normalized spacial score (nSPS) is 18.6. The van der Waals surface area contributed by atoms with Gasteiger partial charge in [0.05, 0.1) is 0 Å². The van der Waals surface area contributed by atoms with E-state index in [-0.39, 0.29) is 11.9 Å². The van der Waals surface area contributed by atoms with Crippen molar-refractivity contribution in [3.63, 3.8) is 0 Å². The SMILES string of the molecule is C[C@@H](N)CC(=O)N1CCC(Cc2nccn2C)CC1. The van der Waals surface area contributed by atoms with Crippen LogP contribution in [-0.2, 0) is 18.3 Å². The molecule has 1 aliphatic heterocycles. The number of likely N-dealkylation sites (tertiary alicyclic amines) is 1. The molecular weight excluding hydrogens is 240 g/mol. The predicted octanol–water partition coefficient (Wildman–Crippen LogP) is 0.938. The summed E-state index contributed by atoms with van der Waals surface area (Å²) in [6.45, 7) is 3.60. The number of nitrogens with two attached hydrogens (primary N) is 1. The molecular formula is C14H24N4O. The molecule has 0 bridgehead atoms. The van der Waals surface area contributed by atoms with Crippen molar-refractivity contribution in [3.05, 3.63) is 18.2 Å². The minimum absolute atomic E-state index is 0.0437. The number of aryl methyl sites for hydroxylation is 1. The maximum absolute atomic E-state index is 11.9. The van der Waals surface area contributed by atoms with Crippen LogP contribution in [0.2, 0.25) is 0 Å². The molecule has 0 aromatic carbocycles. The van der Waals surface area contributed by atoms with E-state index in [2.05, 4.69) is 9.55 Å². The third kappa shape index (κ3) is 3.80. The standard InChI is InChI=1S/C14H24N4O/c1-11(15)9-14(19)18-6-3-12(4-7-18)10-13-16-5-8-17(13)2/h5,8,11-12H,3-4,6-7,9-10,15H2,1-2H3/t11-/m1/s1. The van der Waals surface area contributed by atoms with Crippen LogP contribution in [0.5, 0.6) is 0 Å². The number of nitrogens with zero attached hydrogens (tertiary/aromatic N) is 3. The van der Waals surface area contributed by atoms with Crippen LogP contribution in [0, 0.1) is 5.92 Å². The van der Waals surface area contributed by atoms with Gasteiger partial charge in [-0.2, -0.15) is 0 Å². The molecule has 1 saturated heterocycles. The Labute approximate surface area is 114 Å². The molecule has 1 amide bonds. The fourth-order valence-corrected chi connectivity index (χ4v) is 2.64. The number of carbonyl (C=O) groups is 1. The summed E-state index contributed by atoms with van der Waals surface area (Å²) >= 11 is 0. The van der Waals surface area contributed by atoms with Crippen molar-refractivity contribution < 1.29 is 4.79 Å². The van der Waals surface area contributed by atoms with E-state index in [0.717, 1.165) is 38.2 Å². The van der Waals surface area contributed by atoms with Crippen molar-refractivity contribution in [2.24, 2.45) is 18.7 Å². The average molecular weight is 264 g/mol. The minimum Gasteiger partial charge on any atom is -0.343 e. The van der Waals surface area contributed by atoms with Crippen LogP contribution in [0.3, 0.4) is 0 Å². The quantitative estimate of drug-likeness (QED) is 0.880. The molecule has 2 N–H and O–H groups in total. The number of hydrogen-bond donors (Lipinski definition) is 1. The summed E-state index contributed by atoms with van der Waals surface area (Å²) in [5.74, 6) is 1.98. The summed E-state index contributed by atoms with van der Waals surface area (Å²) in [6, 6.07) is -0.0437. The summed E-state index contributed by atoms with van der Waals surface area (Å²) in [7, 11) is 2.03. The van der Waals surface area contributed by atoms with Crippen molar-refractivity contribution in [1.29, 1.82) is 0 Å². The first-order valence-corrected chi connectivity index (χ1v) is 7.06. The second kappa shape index (κ2) is 6.19. The van der Waals surface area contributed by atoms with Gasteiger partial charge in [-0.15, -0.1) is 0 Å². The highest BCUT2D eigenvalue weighted by Crippen LogP contribution is 2.21. The third-order valence-corrected chi connectivity index (χ3v) is 3.86. The second-order valence-corrected chi connectivity index (χ2v) is 5.66. The number of hydrogen-bond acceptors (Lipinski definition) is 3. The Balaban J connectivity index is 1.79. The van der Waals surface area contributed by atoms with Gasteiger partial charge in [-0.3, -0.25) is 4.79 Å². The largest absolute Gasteiger partial charge is 0.343 e. The first-order chi connectivity index (χ1) is 9.06. The minimum atomic E-state index is -0.0437. The van der Waals surface area contributed by atoms with Gasteiger partial charge in [-0.05, 0) is 25.7 Å². The molecule has 1 atom stereocenters. The fraction of sp³-hybridized carbons (Fsp3) is 0.714. The van der Waals surface area contributed by atoms with E-state index in [1.54, 1.807) is 0 Å². The zero-order valence-electron chi connectivity index (χ0n) is 11.9. The fourth-order valence-electron chi connectivity index (χ4n) is 2.64. The highest BCUT2D eigenvalue weighted by Gasteiger charge is 2.24. The van der Waals surface area contributed by atoms with Gasteiger partial charge in [0.1, 0.15) is 5.82 Å². The average Bonchev–Trinajstić information content (AvgIpc) is 2.75. The topological polar surface area (TPSA) is 64.2 Å². The molecule has 0 spiro atoms. The van der Waals surface area contributed by atoms with Crippen LogP contribution < -0.4 is 5.73 Å². The van der Waals surface area contributed by atoms with E-state index < -0.39 is 0 Å². The lowest BCUT2D eigenvalue weighted by Gasteiger charge is -2.32. The van der Waals surface area contributed by atoms with Crippen molar-refractivity contribution in [2.45, 2.75) is 38.6 Å². The molecule has 1 fully saturated rings. The lowest BCUT2D eigenvalue weighted by molar-refractivity contribution is -0.132. The number of piperidine rings is 1. The molecule has 5 heteroatoms. The first kappa shape index (κ1) is 14.1. The van der Waals surface area contributed by atoms with Crippen LogP contribution in [-0.4, -0.2) is 39.5 Å². The molecule has 0 unspecified atom stereocenters. The lowest BCUT2D eigenvalue weighted by atomic mass is 9.93. The zero-order valence-corrected chi connectivity index (χ0v) is 11.9. The summed E-state index contributed by atoms with van der Waals surface area (Å²) in [6.07, 6.45) is 7.44. The first-order valence-electron chi connectivity index (χ1n) is 7.06. The number of carbonyl (C=O) groups excluding carboxylic acids is 1. The molecule has 1 aromatic heterocycles. The van der Waals surface area contributed by atoms with Gasteiger partial charge in [0.25, 0.3) is 0 Å². The van der Waals surface area contributed by atoms with Crippen molar-refractivity contribution >= 4 is 5.91 Å². The van der Waals surface area contributed by atoms with Crippen LogP contribution in [0.15, 0.2) is 12.4 Å². The van der Waals surface area contributed by atoms with Gasteiger partial charge in [-0.25, -0.2) is 4.98 Å². The molecule has 5 nitrogen and oxygen atoms in total. The molecule has 106 valence electrons. The molecule has 2 rings (SSSR count). The summed E-state index contributed by atoms with van der Waals surface area (Å²) < 4.78 is 2.08. The Hall–Kier alpha value is -1.36. The van der Waals surface area contributed by atoms with E-state index in [9.17, 15) is 4.79 Å². The summed E-state index contributed by atoms with van der Waals surface area (Å²) in [4.78, 5) is 18.2. The maximum atomic E-state index is 11.9. The van der Waals surface area contributed by atoms with Gasteiger partial charge in [0.15, 0.2) is 0 Å². The molecule has 0 aliphatic carbocycles. The van der Waals surface area contributed by atoms with Crippen LogP contribution in [0.25, 0.3) is 0 Å². The molecule has 0 saturated carbocycles. The Morgan fingerprint density at radius 3 is 2.74 bits per heavy atom. The third-order valence-electron chi connectivity index (χ3n) is 3.86. The Morgan fingerprint density at radius 1 is 1.53 bits per heavy atom. The van der Waals surface area contributed by atoms with Gasteiger partial charge in [-0.1, -0.05) is 0 Å². The molecule has 2 heterocycles. The second-order valence-electron chi connectivity index (χ2n) is 5.66. The Bertz CT molecular complexity index is 419. The number of amides is 1. The number of imidazole rings is 1. The Morgan fingerprint density at radius 2 is 2.21 bits per heavy atom. The van der Waals surface area contributed by atoms with E-state index in [4.69, 9.17) is 5.73 Å². The predicted molar refractivity (Wildman–Crippen MR) is 74.5 cm³/mol. The zero-order chi connectivity index (χ0) is 13.8. The highest BCUT2D eigenvalue weighted by atomic mass is 16.2. The van der Waals surface area contributed by atoms with E-state index >= 15 is 0 Å². The van der Waals surface area contributed by atoms with Crippen molar-refractivity contribution in [3.8, 4) is 0 Å². The number of rotatable bonds is 4. The molecule has 0 radical (unpaired) electrons. The van der Waals surface area contributed by atoms with Gasteiger partial charge in [0, 0.05) is 51.4 Å². The van der Waals surface area contributed by atoms with Gasteiger partial charge < -0.3 is 15.2 Å². The van der Waals surface area contributed by atoms with E-state index in [1.807, 2.05) is 31.3 Å². The summed E-state index contributed by atoms with van der Waals surface area (Å²) in [5, 5.41) is 0. The van der Waals surface area contributed by atoms with Crippen molar-refractivity contribution in [1.82, 2.24) is 14.5 Å². The number of aromatic nitrogens is 2. The van der Waals surface area contributed by atoms with Crippen LogP contribution >= 0.6 is 0 Å². The lowest BCUT2D eigenvalue weighted by Crippen LogP contribution is -2.41. The maximum Gasteiger partial charge on any atom is 0.224 e. The van der Waals surface area contributed by atoms with E-state index in [0.29, 0.717) is 12.3 Å². The molecule has 1 aliphatic rings. The monoisotopic (exact) mass is 264 g/mol. The highest BCUT2D eigenvalue weighted by molar-refractivity contribution is 5.76. The van der Waals surface area contributed by atoms with Crippen molar-refractivity contribution in [2.75, 3.05) is 13.1 Å². The van der Waals surface area contributed by atoms with Crippen LogP contribution in [0.4, 0.5) is 0 Å². The summed E-state index contributed by atoms with van der Waals surface area (Å²) in [5.41, 5.74) is 5.68. The van der Waals surface area contributed by atoms with Gasteiger partial charge >= 0.3 is 0 Å². The molecule has 19 heavy (non-hydrogen) atoms. The Kier molecular flexibility index (Phi) is 4.58.